The third-order valence-electron chi connectivity index (χ3n) is 5.44. The largest absolute Gasteiger partial charge is 0.504 e. The molecule has 0 amide bonds. The minimum Gasteiger partial charge on any atom is -0.504 e. The zero-order valence-electron chi connectivity index (χ0n) is 17.7. The lowest BCUT2D eigenvalue weighted by atomic mass is 9.84. The first-order chi connectivity index (χ1) is 14.5. The van der Waals surface area contributed by atoms with Crippen LogP contribution in [-0.2, 0) is 12.8 Å². The zero-order valence-corrected chi connectivity index (χ0v) is 17.7. The number of hydrogen-bond donors (Lipinski definition) is 2. The van der Waals surface area contributed by atoms with Crippen LogP contribution in [0.3, 0.4) is 0 Å². The van der Waals surface area contributed by atoms with Crippen LogP contribution in [-0.4, -0.2) is 30.7 Å². The van der Waals surface area contributed by atoms with Crippen LogP contribution in [0.1, 0.15) is 39.5 Å². The number of methoxy groups -OCH3 is 2. The summed E-state index contributed by atoms with van der Waals surface area (Å²) in [6, 6.07) is 13.3. The fourth-order valence-corrected chi connectivity index (χ4v) is 3.91. The van der Waals surface area contributed by atoms with Gasteiger partial charge < -0.3 is 19.7 Å². The first kappa shape index (κ1) is 21.2. The molecule has 0 radical (unpaired) electrons. The van der Waals surface area contributed by atoms with Crippen LogP contribution >= 0.6 is 0 Å². The number of carbonyl (C=O) groups is 1. The molecule has 5 heteroatoms. The lowest BCUT2D eigenvalue weighted by Gasteiger charge is -2.21. The summed E-state index contributed by atoms with van der Waals surface area (Å²) >= 11 is 0. The molecular weight excluding hydrogens is 380 g/mol. The number of benzene rings is 3. The SMILES string of the molecule is CCc1c(O)c(O)c(C=O)c(Cc2c(C)cc(OC)cc2OC)c1-c1ccccc1. The first-order valence-electron chi connectivity index (χ1n) is 9.78. The van der Waals surface area contributed by atoms with Gasteiger partial charge in [0.15, 0.2) is 17.8 Å². The summed E-state index contributed by atoms with van der Waals surface area (Å²) < 4.78 is 10.9. The quantitative estimate of drug-likeness (QED) is 0.424. The second-order valence-electron chi connectivity index (χ2n) is 7.08. The third kappa shape index (κ3) is 3.71. The Kier molecular flexibility index (Phi) is 6.31. The highest BCUT2D eigenvalue weighted by atomic mass is 16.5. The molecule has 0 aliphatic rings. The van der Waals surface area contributed by atoms with Gasteiger partial charge in [0.05, 0.1) is 19.8 Å². The van der Waals surface area contributed by atoms with Crippen LogP contribution in [0, 0.1) is 6.92 Å². The Labute approximate surface area is 176 Å². The minimum absolute atomic E-state index is 0.0841. The molecule has 0 aromatic heterocycles. The Bertz CT molecular complexity index is 1070. The summed E-state index contributed by atoms with van der Waals surface area (Å²) in [7, 11) is 3.18. The smallest absolute Gasteiger partial charge is 0.168 e. The van der Waals surface area contributed by atoms with E-state index >= 15 is 0 Å². The Morgan fingerprint density at radius 3 is 2.20 bits per heavy atom. The molecule has 0 aliphatic carbocycles. The van der Waals surface area contributed by atoms with Gasteiger partial charge in [0.25, 0.3) is 0 Å². The van der Waals surface area contributed by atoms with Crippen LogP contribution in [0.25, 0.3) is 11.1 Å². The van der Waals surface area contributed by atoms with E-state index in [9.17, 15) is 15.0 Å². The van der Waals surface area contributed by atoms with Crippen molar-refractivity contribution < 1.29 is 24.5 Å². The minimum atomic E-state index is -0.387. The predicted octanol–water partition coefficient (Wildman–Crippen LogP) is 5.06. The number of carbonyl (C=O) groups excluding carboxylic acids is 1. The number of aldehydes is 1. The number of aromatic hydroxyl groups is 2. The second-order valence-corrected chi connectivity index (χ2v) is 7.08. The van der Waals surface area contributed by atoms with Crippen molar-refractivity contribution in [1.82, 2.24) is 0 Å². The Morgan fingerprint density at radius 1 is 0.933 bits per heavy atom. The van der Waals surface area contributed by atoms with Crippen LogP contribution in [0.2, 0.25) is 0 Å². The van der Waals surface area contributed by atoms with Gasteiger partial charge in [-0.05, 0) is 41.7 Å². The van der Waals surface area contributed by atoms with Crippen LogP contribution in [0.5, 0.6) is 23.0 Å². The van der Waals surface area contributed by atoms with E-state index in [1.807, 2.05) is 50.2 Å². The van der Waals surface area contributed by atoms with Crippen LogP contribution in [0.15, 0.2) is 42.5 Å². The van der Waals surface area contributed by atoms with Crippen molar-refractivity contribution in [3.8, 4) is 34.1 Å². The second kappa shape index (κ2) is 8.91. The number of phenols is 2. The molecule has 3 aromatic carbocycles. The van der Waals surface area contributed by atoms with Gasteiger partial charge in [-0.3, -0.25) is 4.79 Å². The number of rotatable bonds is 7. The monoisotopic (exact) mass is 406 g/mol. The van der Waals surface area contributed by atoms with Crippen molar-refractivity contribution in [2.24, 2.45) is 0 Å². The van der Waals surface area contributed by atoms with Crippen molar-refractivity contribution >= 4 is 6.29 Å². The molecule has 3 aromatic rings. The van der Waals surface area contributed by atoms with Crippen LogP contribution < -0.4 is 9.47 Å². The highest BCUT2D eigenvalue weighted by molar-refractivity contribution is 5.91. The Morgan fingerprint density at radius 2 is 1.63 bits per heavy atom. The fraction of sp³-hybridized carbons (Fsp3) is 0.240. The molecule has 0 atom stereocenters. The van der Waals surface area contributed by atoms with E-state index in [0.29, 0.717) is 41.8 Å². The third-order valence-corrected chi connectivity index (χ3v) is 5.44. The molecule has 156 valence electrons. The molecule has 30 heavy (non-hydrogen) atoms. The van der Waals surface area contributed by atoms with Gasteiger partial charge in [-0.2, -0.15) is 0 Å². The van der Waals surface area contributed by atoms with Crippen molar-refractivity contribution in [2.45, 2.75) is 26.7 Å². The van der Waals surface area contributed by atoms with Gasteiger partial charge in [-0.15, -0.1) is 0 Å². The highest BCUT2D eigenvalue weighted by Crippen LogP contribution is 2.44. The molecule has 3 rings (SSSR count). The summed E-state index contributed by atoms with van der Waals surface area (Å²) in [5.41, 5.74) is 4.78. The molecule has 0 saturated carbocycles. The highest BCUT2D eigenvalue weighted by Gasteiger charge is 2.25. The van der Waals surface area contributed by atoms with E-state index in [2.05, 4.69) is 0 Å². The van der Waals surface area contributed by atoms with E-state index in [-0.39, 0.29) is 17.1 Å². The molecule has 2 N–H and O–H groups in total. The number of ether oxygens (including phenoxy) is 2. The van der Waals surface area contributed by atoms with Crippen molar-refractivity contribution in [1.29, 1.82) is 0 Å². The fourth-order valence-electron chi connectivity index (χ4n) is 3.91. The molecule has 0 spiro atoms. The van der Waals surface area contributed by atoms with E-state index < -0.39 is 0 Å². The van der Waals surface area contributed by atoms with Gasteiger partial charge in [0, 0.05) is 23.6 Å². The van der Waals surface area contributed by atoms with Crippen LogP contribution in [0.4, 0.5) is 0 Å². The van der Waals surface area contributed by atoms with Crippen molar-refractivity contribution in [3.05, 3.63) is 70.3 Å². The Balaban J connectivity index is 2.35. The predicted molar refractivity (Wildman–Crippen MR) is 117 cm³/mol. The van der Waals surface area contributed by atoms with Crippen molar-refractivity contribution in [3.63, 3.8) is 0 Å². The first-order valence-corrected chi connectivity index (χ1v) is 9.78. The standard InChI is InChI=1S/C25H26O5/c1-5-18-23(16-9-7-6-8-10-16)20(21(14-26)25(28)24(18)27)13-19-15(2)11-17(29-3)12-22(19)30-4/h6-12,14,27-28H,5,13H2,1-4H3. The number of hydrogen-bond acceptors (Lipinski definition) is 5. The Hall–Kier alpha value is -3.47. The summed E-state index contributed by atoms with van der Waals surface area (Å²) in [6.07, 6.45) is 1.44. The van der Waals surface area contributed by atoms with E-state index in [1.54, 1.807) is 20.3 Å². The molecule has 0 fully saturated rings. The maximum absolute atomic E-state index is 12.0. The number of phenolic OH excluding ortho intramolecular Hbond substituents is 2. The normalized spacial score (nSPS) is 10.7. The van der Waals surface area contributed by atoms with Gasteiger partial charge in [0.2, 0.25) is 0 Å². The summed E-state index contributed by atoms with van der Waals surface area (Å²) in [4.78, 5) is 12.0. The zero-order chi connectivity index (χ0) is 21.8. The average Bonchev–Trinajstić information content (AvgIpc) is 2.77. The molecule has 0 bridgehead atoms. The topological polar surface area (TPSA) is 76.0 Å². The van der Waals surface area contributed by atoms with E-state index in [1.165, 1.54) is 0 Å². The van der Waals surface area contributed by atoms with Gasteiger partial charge in [0.1, 0.15) is 11.5 Å². The van der Waals surface area contributed by atoms with E-state index in [4.69, 9.17) is 9.47 Å². The maximum Gasteiger partial charge on any atom is 0.168 e. The van der Waals surface area contributed by atoms with Gasteiger partial charge >= 0.3 is 0 Å². The molecular formula is C25H26O5. The number of aryl methyl sites for hydroxylation is 1. The molecule has 0 heterocycles. The summed E-state index contributed by atoms with van der Waals surface area (Å²) in [5.74, 6) is 0.672. The van der Waals surface area contributed by atoms with Crippen molar-refractivity contribution in [2.75, 3.05) is 14.2 Å². The molecule has 0 saturated heterocycles. The summed E-state index contributed by atoms with van der Waals surface area (Å²) in [5, 5.41) is 21.2. The van der Waals surface area contributed by atoms with Gasteiger partial charge in [-0.25, -0.2) is 0 Å². The van der Waals surface area contributed by atoms with E-state index in [0.717, 1.165) is 22.3 Å². The molecule has 0 unspecified atom stereocenters. The lowest BCUT2D eigenvalue weighted by Crippen LogP contribution is -2.06. The average molecular weight is 406 g/mol. The lowest BCUT2D eigenvalue weighted by molar-refractivity contribution is 0.111. The molecule has 5 nitrogen and oxygen atoms in total. The maximum atomic E-state index is 12.0. The summed E-state index contributed by atoms with van der Waals surface area (Å²) in [6.45, 7) is 3.86. The molecule has 0 aliphatic heterocycles. The van der Waals surface area contributed by atoms with Gasteiger partial charge in [-0.1, -0.05) is 37.3 Å².